The first-order valence-corrected chi connectivity index (χ1v) is 7.59. The van der Waals surface area contributed by atoms with E-state index in [0.29, 0.717) is 25.7 Å². The van der Waals surface area contributed by atoms with E-state index in [1.54, 1.807) is 0 Å². The summed E-state index contributed by atoms with van der Waals surface area (Å²) in [5, 5.41) is 2.76. The van der Waals surface area contributed by atoms with Crippen molar-refractivity contribution in [3.05, 3.63) is 24.3 Å². The molecule has 1 atom stereocenters. The molecular weight excluding hydrogens is 270 g/mol. The SMILES string of the molecule is CCOC(=O)C1CC(CNC(=O)OCC2C=CC=CC2)C1. The molecule has 0 aliphatic heterocycles. The zero-order chi connectivity index (χ0) is 15.1. The summed E-state index contributed by atoms with van der Waals surface area (Å²) in [4.78, 5) is 23.0. The van der Waals surface area contributed by atoms with E-state index in [-0.39, 0.29) is 23.9 Å². The molecule has 0 radical (unpaired) electrons. The number of amides is 1. The molecule has 1 unspecified atom stereocenters. The molecule has 1 amide bonds. The molecule has 0 saturated heterocycles. The Morgan fingerprint density at radius 1 is 1.24 bits per heavy atom. The molecule has 116 valence electrons. The lowest BCUT2D eigenvalue weighted by Gasteiger charge is -2.33. The van der Waals surface area contributed by atoms with Crippen LogP contribution in [0.5, 0.6) is 0 Å². The van der Waals surface area contributed by atoms with Gasteiger partial charge < -0.3 is 14.8 Å². The average Bonchev–Trinajstić information content (AvgIpc) is 2.45. The maximum atomic E-state index is 11.6. The van der Waals surface area contributed by atoms with Gasteiger partial charge in [0.25, 0.3) is 0 Å². The molecule has 0 spiro atoms. The monoisotopic (exact) mass is 293 g/mol. The van der Waals surface area contributed by atoms with Crippen molar-refractivity contribution in [2.24, 2.45) is 17.8 Å². The third-order valence-corrected chi connectivity index (χ3v) is 3.89. The van der Waals surface area contributed by atoms with Crippen LogP contribution < -0.4 is 5.32 Å². The van der Waals surface area contributed by atoms with Crippen LogP contribution in [0.3, 0.4) is 0 Å². The predicted octanol–water partition coefficient (Wildman–Crippen LogP) is 2.43. The number of alkyl carbamates (subject to hydrolysis) is 1. The van der Waals surface area contributed by atoms with Crippen molar-refractivity contribution in [2.75, 3.05) is 19.8 Å². The Morgan fingerprint density at radius 2 is 2.05 bits per heavy atom. The van der Waals surface area contributed by atoms with Crippen LogP contribution >= 0.6 is 0 Å². The highest BCUT2D eigenvalue weighted by Crippen LogP contribution is 2.34. The number of hydrogen-bond acceptors (Lipinski definition) is 4. The van der Waals surface area contributed by atoms with Gasteiger partial charge in [-0.1, -0.05) is 24.3 Å². The van der Waals surface area contributed by atoms with Crippen molar-refractivity contribution >= 4 is 12.1 Å². The third kappa shape index (κ3) is 4.92. The first kappa shape index (κ1) is 15.6. The molecule has 0 aromatic heterocycles. The molecule has 1 saturated carbocycles. The van der Waals surface area contributed by atoms with Gasteiger partial charge in [-0.25, -0.2) is 4.79 Å². The number of rotatable bonds is 6. The fourth-order valence-electron chi connectivity index (χ4n) is 2.57. The van der Waals surface area contributed by atoms with E-state index in [9.17, 15) is 9.59 Å². The number of allylic oxidation sites excluding steroid dienone is 3. The van der Waals surface area contributed by atoms with E-state index in [0.717, 1.165) is 19.3 Å². The van der Waals surface area contributed by atoms with Crippen LogP contribution in [-0.4, -0.2) is 31.8 Å². The van der Waals surface area contributed by atoms with E-state index >= 15 is 0 Å². The minimum atomic E-state index is -0.377. The van der Waals surface area contributed by atoms with Crippen LogP contribution in [0.25, 0.3) is 0 Å². The molecule has 2 rings (SSSR count). The van der Waals surface area contributed by atoms with Crippen molar-refractivity contribution in [1.29, 1.82) is 0 Å². The second-order valence-electron chi connectivity index (χ2n) is 5.57. The molecule has 5 heteroatoms. The minimum Gasteiger partial charge on any atom is -0.466 e. The van der Waals surface area contributed by atoms with Crippen LogP contribution in [0, 0.1) is 17.8 Å². The maximum Gasteiger partial charge on any atom is 0.407 e. The van der Waals surface area contributed by atoms with Gasteiger partial charge >= 0.3 is 12.1 Å². The van der Waals surface area contributed by atoms with Crippen LogP contribution in [0.15, 0.2) is 24.3 Å². The van der Waals surface area contributed by atoms with Crippen LogP contribution in [0.4, 0.5) is 4.79 Å². The van der Waals surface area contributed by atoms with Crippen molar-refractivity contribution in [3.63, 3.8) is 0 Å². The quantitative estimate of drug-likeness (QED) is 0.764. The summed E-state index contributed by atoms with van der Waals surface area (Å²) in [6.07, 6.45) is 10.2. The number of nitrogens with one attached hydrogen (secondary N) is 1. The fraction of sp³-hybridized carbons (Fsp3) is 0.625. The summed E-state index contributed by atoms with van der Waals surface area (Å²) in [6.45, 7) is 3.20. The highest BCUT2D eigenvalue weighted by molar-refractivity contribution is 5.73. The zero-order valence-corrected chi connectivity index (χ0v) is 12.4. The third-order valence-electron chi connectivity index (χ3n) is 3.89. The highest BCUT2D eigenvalue weighted by Gasteiger charge is 2.35. The number of carbonyl (C=O) groups excluding carboxylic acids is 2. The summed E-state index contributed by atoms with van der Waals surface area (Å²) < 4.78 is 10.1. The standard InChI is InChI=1S/C16H23NO4/c1-2-20-15(18)14-8-13(9-14)10-17-16(19)21-11-12-6-4-3-5-7-12/h3-6,12-14H,2,7-11H2,1H3,(H,17,19). The Morgan fingerprint density at radius 3 is 2.71 bits per heavy atom. The van der Waals surface area contributed by atoms with Gasteiger partial charge in [0, 0.05) is 12.5 Å². The van der Waals surface area contributed by atoms with Gasteiger partial charge in [-0.3, -0.25) is 4.79 Å². The fourth-order valence-corrected chi connectivity index (χ4v) is 2.57. The Hall–Kier alpha value is -1.78. The summed E-state index contributed by atoms with van der Waals surface area (Å²) in [6, 6.07) is 0. The summed E-state index contributed by atoms with van der Waals surface area (Å²) >= 11 is 0. The van der Waals surface area contributed by atoms with Gasteiger partial charge in [-0.15, -0.1) is 0 Å². The Kier molecular flexibility index (Phi) is 5.84. The van der Waals surface area contributed by atoms with Gasteiger partial charge in [0.1, 0.15) is 0 Å². The van der Waals surface area contributed by atoms with Gasteiger partial charge in [0.2, 0.25) is 0 Å². The predicted molar refractivity (Wildman–Crippen MR) is 78.6 cm³/mol. The molecule has 2 aliphatic rings. The summed E-state index contributed by atoms with van der Waals surface area (Å²) in [5.74, 6) is 0.516. The Bertz CT molecular complexity index is 424. The zero-order valence-electron chi connectivity index (χ0n) is 12.4. The van der Waals surface area contributed by atoms with Crippen molar-refractivity contribution in [3.8, 4) is 0 Å². The maximum absolute atomic E-state index is 11.6. The lowest BCUT2D eigenvalue weighted by molar-refractivity contribution is -0.152. The van der Waals surface area contributed by atoms with E-state index in [1.807, 2.05) is 25.2 Å². The molecule has 2 aliphatic carbocycles. The number of ether oxygens (including phenoxy) is 2. The molecular formula is C16H23NO4. The minimum absolute atomic E-state index is 0.00642. The van der Waals surface area contributed by atoms with Crippen molar-refractivity contribution < 1.29 is 19.1 Å². The van der Waals surface area contributed by atoms with Gasteiger partial charge in [-0.2, -0.15) is 0 Å². The van der Waals surface area contributed by atoms with Crippen molar-refractivity contribution in [2.45, 2.75) is 26.2 Å². The average molecular weight is 293 g/mol. The van der Waals surface area contributed by atoms with Gasteiger partial charge in [0.15, 0.2) is 0 Å². The first-order chi connectivity index (χ1) is 10.2. The molecule has 0 heterocycles. The van der Waals surface area contributed by atoms with E-state index < -0.39 is 0 Å². The topological polar surface area (TPSA) is 64.6 Å². The van der Waals surface area contributed by atoms with Crippen LogP contribution in [0.1, 0.15) is 26.2 Å². The molecule has 0 bridgehead atoms. The number of hydrogen-bond donors (Lipinski definition) is 1. The van der Waals surface area contributed by atoms with E-state index in [2.05, 4.69) is 11.4 Å². The summed E-state index contributed by atoms with van der Waals surface area (Å²) in [5.41, 5.74) is 0. The second-order valence-corrected chi connectivity index (χ2v) is 5.57. The molecule has 1 N–H and O–H groups in total. The lowest BCUT2D eigenvalue weighted by Crippen LogP contribution is -2.39. The van der Waals surface area contributed by atoms with Crippen molar-refractivity contribution in [1.82, 2.24) is 5.32 Å². The molecule has 1 fully saturated rings. The Balaban J connectivity index is 1.53. The van der Waals surface area contributed by atoms with E-state index in [1.165, 1.54) is 0 Å². The smallest absolute Gasteiger partial charge is 0.407 e. The second kappa shape index (κ2) is 7.86. The molecule has 21 heavy (non-hydrogen) atoms. The van der Waals surface area contributed by atoms with Gasteiger partial charge in [-0.05, 0) is 32.1 Å². The molecule has 0 aromatic rings. The summed E-state index contributed by atoms with van der Waals surface area (Å²) in [7, 11) is 0. The highest BCUT2D eigenvalue weighted by atomic mass is 16.5. The lowest BCUT2D eigenvalue weighted by atomic mass is 9.75. The van der Waals surface area contributed by atoms with Crippen LogP contribution in [-0.2, 0) is 14.3 Å². The first-order valence-electron chi connectivity index (χ1n) is 7.59. The van der Waals surface area contributed by atoms with Gasteiger partial charge in [0.05, 0.1) is 19.1 Å². The Labute approximate surface area is 125 Å². The molecule has 5 nitrogen and oxygen atoms in total. The normalized spacial score (nSPS) is 26.8. The van der Waals surface area contributed by atoms with Crippen LogP contribution in [0.2, 0.25) is 0 Å². The largest absolute Gasteiger partial charge is 0.466 e. The number of carbonyl (C=O) groups is 2. The molecule has 0 aromatic carbocycles. The van der Waals surface area contributed by atoms with E-state index in [4.69, 9.17) is 9.47 Å². The number of esters is 1.